The first kappa shape index (κ1) is 10.8. The van der Waals surface area contributed by atoms with E-state index >= 15 is 0 Å². The summed E-state index contributed by atoms with van der Waals surface area (Å²) in [7, 11) is 0. The van der Waals surface area contributed by atoms with Gasteiger partial charge in [-0.1, -0.05) is 23.2 Å². The van der Waals surface area contributed by atoms with Crippen LogP contribution in [-0.4, -0.2) is 5.91 Å². The number of rotatable bonds is 4. The summed E-state index contributed by atoms with van der Waals surface area (Å²) in [6.45, 7) is 0. The van der Waals surface area contributed by atoms with Gasteiger partial charge in [-0.05, 0) is 24.5 Å². The van der Waals surface area contributed by atoms with Crippen LogP contribution in [-0.2, 0) is 11.2 Å². The Labute approximate surface area is 90.6 Å². The van der Waals surface area contributed by atoms with Gasteiger partial charge in [0.1, 0.15) is 0 Å². The number of carbonyl (C=O) groups excluding carboxylic acids is 1. The summed E-state index contributed by atoms with van der Waals surface area (Å²) in [4.78, 5) is 10.4. The zero-order valence-corrected chi connectivity index (χ0v) is 9.18. The SMILES string of the molecule is NC(=O)CCCc1cc(Cl)sc1Cl. The molecule has 0 aliphatic rings. The molecule has 1 aromatic heterocycles. The fourth-order valence-corrected chi connectivity index (χ4v) is 2.54. The third-order valence-electron chi connectivity index (χ3n) is 1.60. The molecule has 1 aromatic rings. The second-order valence-electron chi connectivity index (χ2n) is 2.67. The second-order valence-corrected chi connectivity index (χ2v) is 4.95. The molecule has 5 heteroatoms. The van der Waals surface area contributed by atoms with Crippen LogP contribution in [0, 0.1) is 0 Å². The smallest absolute Gasteiger partial charge is 0.217 e. The van der Waals surface area contributed by atoms with E-state index in [0.717, 1.165) is 18.4 Å². The van der Waals surface area contributed by atoms with E-state index in [9.17, 15) is 4.79 Å². The number of hydrogen-bond donors (Lipinski definition) is 1. The molecule has 0 fully saturated rings. The van der Waals surface area contributed by atoms with Crippen LogP contribution >= 0.6 is 34.5 Å². The lowest BCUT2D eigenvalue weighted by Gasteiger charge is -1.95. The Morgan fingerprint density at radius 2 is 2.23 bits per heavy atom. The molecule has 72 valence electrons. The van der Waals surface area contributed by atoms with E-state index in [1.165, 1.54) is 11.3 Å². The number of halogens is 2. The summed E-state index contributed by atoms with van der Waals surface area (Å²) in [5, 5.41) is 0. The van der Waals surface area contributed by atoms with Crippen molar-refractivity contribution >= 4 is 40.4 Å². The summed E-state index contributed by atoms with van der Waals surface area (Å²) in [6.07, 6.45) is 1.87. The van der Waals surface area contributed by atoms with E-state index < -0.39 is 0 Å². The minimum Gasteiger partial charge on any atom is -0.370 e. The van der Waals surface area contributed by atoms with E-state index in [1.807, 2.05) is 6.07 Å². The highest BCUT2D eigenvalue weighted by Gasteiger charge is 2.05. The molecule has 2 nitrogen and oxygen atoms in total. The topological polar surface area (TPSA) is 43.1 Å². The maximum Gasteiger partial charge on any atom is 0.217 e. The van der Waals surface area contributed by atoms with Crippen LogP contribution in [0.3, 0.4) is 0 Å². The molecular weight excluding hydrogens is 229 g/mol. The van der Waals surface area contributed by atoms with E-state index in [2.05, 4.69) is 0 Å². The Morgan fingerprint density at radius 3 is 2.69 bits per heavy atom. The molecular formula is C8H9Cl2NOS. The maximum absolute atomic E-state index is 10.4. The number of amides is 1. The molecule has 0 radical (unpaired) electrons. The summed E-state index contributed by atoms with van der Waals surface area (Å²) >= 11 is 13.0. The Morgan fingerprint density at radius 1 is 1.54 bits per heavy atom. The Kier molecular flexibility index (Phi) is 4.03. The predicted molar refractivity (Wildman–Crippen MR) is 56.5 cm³/mol. The molecule has 1 heterocycles. The summed E-state index contributed by atoms with van der Waals surface area (Å²) in [5.74, 6) is -0.280. The van der Waals surface area contributed by atoms with Crippen molar-refractivity contribution in [1.82, 2.24) is 0 Å². The highest BCUT2D eigenvalue weighted by molar-refractivity contribution is 7.20. The minimum absolute atomic E-state index is 0.280. The Hall–Kier alpha value is -0.250. The molecule has 13 heavy (non-hydrogen) atoms. The van der Waals surface area contributed by atoms with Gasteiger partial charge in [0, 0.05) is 6.42 Å². The number of hydrogen-bond acceptors (Lipinski definition) is 2. The molecule has 0 atom stereocenters. The molecule has 0 aromatic carbocycles. The van der Waals surface area contributed by atoms with Gasteiger partial charge >= 0.3 is 0 Å². The molecule has 0 saturated carbocycles. The van der Waals surface area contributed by atoms with Gasteiger partial charge in [-0.25, -0.2) is 0 Å². The highest BCUT2D eigenvalue weighted by atomic mass is 35.5. The molecule has 0 spiro atoms. The molecule has 0 saturated heterocycles. The molecule has 1 amide bonds. The standard InChI is InChI=1S/C8H9Cl2NOS/c9-6-4-5(8(10)13-6)2-1-3-7(11)12/h4H,1-3H2,(H2,11,12). The van der Waals surface area contributed by atoms with Crippen LogP contribution in [0.15, 0.2) is 6.07 Å². The normalized spacial score (nSPS) is 10.3. The molecule has 2 N–H and O–H groups in total. The number of thiophene rings is 1. The third kappa shape index (κ3) is 3.55. The Bertz CT molecular complexity index is 311. The van der Waals surface area contributed by atoms with Crippen molar-refractivity contribution in [3.05, 3.63) is 20.3 Å². The zero-order chi connectivity index (χ0) is 9.84. The van der Waals surface area contributed by atoms with Crippen molar-refractivity contribution in [2.45, 2.75) is 19.3 Å². The van der Waals surface area contributed by atoms with Gasteiger partial charge in [-0.3, -0.25) is 4.79 Å². The van der Waals surface area contributed by atoms with Crippen LogP contribution in [0.1, 0.15) is 18.4 Å². The van der Waals surface area contributed by atoms with E-state index in [4.69, 9.17) is 28.9 Å². The van der Waals surface area contributed by atoms with Gasteiger partial charge in [0.2, 0.25) is 5.91 Å². The largest absolute Gasteiger partial charge is 0.370 e. The molecule has 0 bridgehead atoms. The lowest BCUT2D eigenvalue weighted by atomic mass is 10.1. The van der Waals surface area contributed by atoms with Crippen molar-refractivity contribution in [3.63, 3.8) is 0 Å². The van der Waals surface area contributed by atoms with Crippen molar-refractivity contribution in [1.29, 1.82) is 0 Å². The lowest BCUT2D eigenvalue weighted by molar-refractivity contribution is -0.118. The number of aryl methyl sites for hydroxylation is 1. The van der Waals surface area contributed by atoms with Gasteiger partial charge in [0.15, 0.2) is 0 Å². The average molecular weight is 238 g/mol. The van der Waals surface area contributed by atoms with Crippen LogP contribution in [0.5, 0.6) is 0 Å². The predicted octanol–water partition coefficient (Wildman–Crippen LogP) is 2.86. The van der Waals surface area contributed by atoms with Gasteiger partial charge in [0.05, 0.1) is 8.67 Å². The molecule has 0 unspecified atom stereocenters. The lowest BCUT2D eigenvalue weighted by Crippen LogP contribution is -2.10. The van der Waals surface area contributed by atoms with Crippen molar-refractivity contribution < 1.29 is 4.79 Å². The van der Waals surface area contributed by atoms with Gasteiger partial charge in [0.25, 0.3) is 0 Å². The quantitative estimate of drug-likeness (QED) is 0.861. The van der Waals surface area contributed by atoms with E-state index in [-0.39, 0.29) is 5.91 Å². The average Bonchev–Trinajstić information content (AvgIpc) is 2.29. The van der Waals surface area contributed by atoms with Crippen LogP contribution in [0.4, 0.5) is 0 Å². The van der Waals surface area contributed by atoms with Crippen molar-refractivity contribution in [3.8, 4) is 0 Å². The van der Waals surface area contributed by atoms with Crippen LogP contribution in [0.2, 0.25) is 8.67 Å². The van der Waals surface area contributed by atoms with E-state index in [0.29, 0.717) is 15.1 Å². The van der Waals surface area contributed by atoms with Crippen molar-refractivity contribution in [2.75, 3.05) is 0 Å². The van der Waals surface area contributed by atoms with Crippen LogP contribution in [0.25, 0.3) is 0 Å². The van der Waals surface area contributed by atoms with E-state index in [1.54, 1.807) is 0 Å². The second kappa shape index (κ2) is 4.84. The fraction of sp³-hybridized carbons (Fsp3) is 0.375. The van der Waals surface area contributed by atoms with Gasteiger partial charge in [-0.2, -0.15) is 0 Å². The number of carbonyl (C=O) groups is 1. The summed E-state index contributed by atoms with van der Waals surface area (Å²) in [6, 6.07) is 1.83. The highest BCUT2D eigenvalue weighted by Crippen LogP contribution is 2.31. The zero-order valence-electron chi connectivity index (χ0n) is 6.85. The summed E-state index contributed by atoms with van der Waals surface area (Å²) in [5.41, 5.74) is 6.00. The number of primary amides is 1. The fourth-order valence-electron chi connectivity index (χ4n) is 0.998. The maximum atomic E-state index is 10.4. The molecule has 0 aliphatic carbocycles. The van der Waals surface area contributed by atoms with Crippen LogP contribution < -0.4 is 5.73 Å². The first-order valence-electron chi connectivity index (χ1n) is 3.81. The third-order valence-corrected chi connectivity index (χ3v) is 3.17. The first-order valence-corrected chi connectivity index (χ1v) is 5.39. The molecule has 1 rings (SSSR count). The minimum atomic E-state index is -0.280. The Balaban J connectivity index is 2.45. The molecule has 0 aliphatic heterocycles. The monoisotopic (exact) mass is 237 g/mol. The van der Waals surface area contributed by atoms with Crippen molar-refractivity contribution in [2.24, 2.45) is 5.73 Å². The first-order chi connectivity index (χ1) is 6.09. The number of nitrogens with two attached hydrogens (primary N) is 1. The van der Waals surface area contributed by atoms with Gasteiger partial charge in [-0.15, -0.1) is 11.3 Å². The summed E-state index contributed by atoms with van der Waals surface area (Å²) < 4.78 is 1.38. The van der Waals surface area contributed by atoms with Gasteiger partial charge < -0.3 is 5.73 Å².